The number of hydrogen-bond donors (Lipinski definition) is 0. The van der Waals surface area contributed by atoms with Crippen molar-refractivity contribution in [2.45, 2.75) is 65.0 Å². The van der Waals surface area contributed by atoms with Gasteiger partial charge in [0.25, 0.3) is 0 Å². The fourth-order valence-electron chi connectivity index (χ4n) is 2.37. The third-order valence-electron chi connectivity index (χ3n) is 3.42. The predicted octanol–water partition coefficient (Wildman–Crippen LogP) is 2.88. The van der Waals surface area contributed by atoms with Gasteiger partial charge in [-0.1, -0.05) is 5.16 Å². The van der Waals surface area contributed by atoms with Crippen LogP contribution in [0.15, 0.2) is 4.52 Å². The minimum absolute atomic E-state index is 0.121. The van der Waals surface area contributed by atoms with E-state index in [4.69, 9.17) is 9.26 Å². The van der Waals surface area contributed by atoms with Crippen LogP contribution in [-0.2, 0) is 4.74 Å². The van der Waals surface area contributed by atoms with E-state index in [1.807, 2.05) is 27.7 Å². The van der Waals surface area contributed by atoms with Gasteiger partial charge in [-0.2, -0.15) is 4.98 Å². The lowest BCUT2D eigenvalue weighted by molar-refractivity contribution is 0.00929. The van der Waals surface area contributed by atoms with Gasteiger partial charge in [0.2, 0.25) is 5.89 Å². The van der Waals surface area contributed by atoms with Crippen molar-refractivity contribution >= 4 is 6.09 Å². The Kier molecular flexibility index (Phi) is 4.01. The van der Waals surface area contributed by atoms with Crippen LogP contribution >= 0.6 is 0 Å². The second-order valence-corrected chi connectivity index (χ2v) is 6.43. The summed E-state index contributed by atoms with van der Waals surface area (Å²) in [6, 6.07) is 0.175. The number of carbonyl (C=O) groups excluding carboxylic acids is 1. The largest absolute Gasteiger partial charge is 0.444 e. The first kappa shape index (κ1) is 14.8. The SMILES string of the molecule is Cc1nc(C2CCC(C)N(C(=O)OC(C)(C)C)C2)no1. The van der Waals surface area contributed by atoms with Crippen LogP contribution in [0.5, 0.6) is 0 Å². The van der Waals surface area contributed by atoms with E-state index < -0.39 is 5.60 Å². The van der Waals surface area contributed by atoms with Gasteiger partial charge in [-0.05, 0) is 40.5 Å². The van der Waals surface area contributed by atoms with E-state index in [1.54, 1.807) is 11.8 Å². The Balaban J connectivity index is 2.06. The molecule has 1 saturated heterocycles. The summed E-state index contributed by atoms with van der Waals surface area (Å²) < 4.78 is 10.5. The maximum Gasteiger partial charge on any atom is 0.410 e. The molecular weight excluding hydrogens is 258 g/mol. The fraction of sp³-hybridized carbons (Fsp3) is 0.786. The average Bonchev–Trinajstić information content (AvgIpc) is 2.74. The number of hydrogen-bond acceptors (Lipinski definition) is 5. The Bertz CT molecular complexity index is 478. The van der Waals surface area contributed by atoms with Crippen LogP contribution in [0.1, 0.15) is 58.2 Å². The lowest BCUT2D eigenvalue weighted by Gasteiger charge is -2.37. The molecule has 0 aliphatic carbocycles. The second kappa shape index (κ2) is 5.42. The standard InChI is InChI=1S/C14H23N3O3/c1-9-6-7-11(12-15-10(2)20-16-12)8-17(9)13(18)19-14(3,4)5/h9,11H,6-8H2,1-5H3. The summed E-state index contributed by atoms with van der Waals surface area (Å²) in [4.78, 5) is 18.3. The van der Waals surface area contributed by atoms with Gasteiger partial charge in [-0.3, -0.25) is 0 Å². The third kappa shape index (κ3) is 3.49. The highest BCUT2D eigenvalue weighted by atomic mass is 16.6. The van der Waals surface area contributed by atoms with Crippen LogP contribution in [0.3, 0.4) is 0 Å². The first-order valence-electron chi connectivity index (χ1n) is 7.06. The molecule has 0 spiro atoms. The summed E-state index contributed by atoms with van der Waals surface area (Å²) in [5.41, 5.74) is -0.480. The normalized spacial score (nSPS) is 23.8. The summed E-state index contributed by atoms with van der Waals surface area (Å²) >= 11 is 0. The van der Waals surface area contributed by atoms with Crippen molar-refractivity contribution in [3.05, 3.63) is 11.7 Å². The van der Waals surface area contributed by atoms with Crippen molar-refractivity contribution < 1.29 is 14.1 Å². The van der Waals surface area contributed by atoms with Gasteiger partial charge in [-0.15, -0.1) is 0 Å². The summed E-state index contributed by atoms with van der Waals surface area (Å²) in [5, 5.41) is 3.97. The first-order chi connectivity index (χ1) is 9.26. The lowest BCUT2D eigenvalue weighted by atomic mass is 9.93. The number of nitrogens with zero attached hydrogens (tertiary/aromatic N) is 3. The summed E-state index contributed by atoms with van der Waals surface area (Å²) in [6.45, 7) is 10.0. The van der Waals surface area contributed by atoms with E-state index in [-0.39, 0.29) is 18.1 Å². The van der Waals surface area contributed by atoms with Gasteiger partial charge in [-0.25, -0.2) is 4.79 Å². The van der Waals surface area contributed by atoms with E-state index in [0.717, 1.165) is 12.8 Å². The molecule has 6 nitrogen and oxygen atoms in total. The third-order valence-corrected chi connectivity index (χ3v) is 3.42. The number of amides is 1. The Morgan fingerprint density at radius 3 is 2.65 bits per heavy atom. The van der Waals surface area contributed by atoms with Crippen molar-refractivity contribution in [3.63, 3.8) is 0 Å². The maximum atomic E-state index is 12.2. The van der Waals surface area contributed by atoms with Gasteiger partial charge >= 0.3 is 6.09 Å². The Morgan fingerprint density at radius 2 is 2.10 bits per heavy atom. The molecule has 0 bridgehead atoms. The molecule has 2 atom stereocenters. The number of likely N-dealkylation sites (tertiary alicyclic amines) is 1. The molecule has 0 N–H and O–H groups in total. The number of ether oxygens (including phenoxy) is 1. The monoisotopic (exact) mass is 281 g/mol. The molecule has 0 aromatic carbocycles. The fourth-order valence-corrected chi connectivity index (χ4v) is 2.37. The topological polar surface area (TPSA) is 68.5 Å². The number of carbonyl (C=O) groups is 1. The number of aromatic nitrogens is 2. The number of aryl methyl sites for hydroxylation is 1. The molecule has 1 aliphatic rings. The van der Waals surface area contributed by atoms with Crippen molar-refractivity contribution in [3.8, 4) is 0 Å². The van der Waals surface area contributed by atoms with Gasteiger partial charge in [0.1, 0.15) is 5.60 Å². The highest BCUT2D eigenvalue weighted by Crippen LogP contribution is 2.29. The van der Waals surface area contributed by atoms with E-state index in [0.29, 0.717) is 18.3 Å². The molecule has 1 amide bonds. The molecule has 2 heterocycles. The number of piperidine rings is 1. The van der Waals surface area contributed by atoms with E-state index >= 15 is 0 Å². The minimum atomic E-state index is -0.480. The molecule has 2 unspecified atom stereocenters. The van der Waals surface area contributed by atoms with Gasteiger partial charge < -0.3 is 14.2 Å². The first-order valence-corrected chi connectivity index (χ1v) is 7.06. The lowest BCUT2D eigenvalue weighted by Crippen LogP contribution is -2.47. The molecule has 0 radical (unpaired) electrons. The quantitative estimate of drug-likeness (QED) is 0.791. The molecule has 1 fully saturated rings. The molecule has 2 rings (SSSR count). The zero-order valence-corrected chi connectivity index (χ0v) is 12.8. The molecule has 6 heteroatoms. The Morgan fingerprint density at radius 1 is 1.40 bits per heavy atom. The van der Waals surface area contributed by atoms with Gasteiger partial charge in [0, 0.05) is 25.4 Å². The Labute approximate surface area is 119 Å². The van der Waals surface area contributed by atoms with Gasteiger partial charge in [0.05, 0.1) is 0 Å². The van der Waals surface area contributed by atoms with E-state index in [9.17, 15) is 4.79 Å². The molecular formula is C14H23N3O3. The van der Waals surface area contributed by atoms with E-state index in [2.05, 4.69) is 10.1 Å². The van der Waals surface area contributed by atoms with Crippen molar-refractivity contribution in [1.82, 2.24) is 15.0 Å². The predicted molar refractivity (Wildman–Crippen MR) is 73.4 cm³/mol. The maximum absolute atomic E-state index is 12.2. The van der Waals surface area contributed by atoms with E-state index in [1.165, 1.54) is 0 Å². The summed E-state index contributed by atoms with van der Waals surface area (Å²) in [7, 11) is 0. The summed E-state index contributed by atoms with van der Waals surface area (Å²) in [6.07, 6.45) is 1.60. The smallest absolute Gasteiger partial charge is 0.410 e. The summed E-state index contributed by atoms with van der Waals surface area (Å²) in [5.74, 6) is 1.36. The molecule has 1 aromatic heterocycles. The second-order valence-electron chi connectivity index (χ2n) is 6.43. The van der Waals surface area contributed by atoms with Crippen LogP contribution in [0, 0.1) is 6.92 Å². The van der Waals surface area contributed by atoms with Crippen LogP contribution < -0.4 is 0 Å². The van der Waals surface area contributed by atoms with Crippen LogP contribution in [0.2, 0.25) is 0 Å². The highest BCUT2D eigenvalue weighted by Gasteiger charge is 2.34. The Hall–Kier alpha value is -1.59. The van der Waals surface area contributed by atoms with Crippen LogP contribution in [0.25, 0.3) is 0 Å². The zero-order valence-electron chi connectivity index (χ0n) is 12.8. The van der Waals surface area contributed by atoms with Gasteiger partial charge in [0.15, 0.2) is 5.82 Å². The molecule has 112 valence electrons. The molecule has 0 saturated carbocycles. The molecule has 20 heavy (non-hydrogen) atoms. The molecule has 1 aliphatic heterocycles. The average molecular weight is 281 g/mol. The van der Waals surface area contributed by atoms with Crippen molar-refractivity contribution in [2.75, 3.05) is 6.54 Å². The van der Waals surface area contributed by atoms with Crippen LogP contribution in [0.4, 0.5) is 4.79 Å². The highest BCUT2D eigenvalue weighted by molar-refractivity contribution is 5.68. The number of rotatable bonds is 1. The van der Waals surface area contributed by atoms with Crippen LogP contribution in [-0.4, -0.2) is 39.3 Å². The van der Waals surface area contributed by atoms with Crippen molar-refractivity contribution in [2.24, 2.45) is 0 Å². The minimum Gasteiger partial charge on any atom is -0.444 e. The zero-order chi connectivity index (χ0) is 14.9. The molecule has 1 aromatic rings. The van der Waals surface area contributed by atoms with Crippen molar-refractivity contribution in [1.29, 1.82) is 0 Å².